The summed E-state index contributed by atoms with van der Waals surface area (Å²) in [6.45, 7) is 4.00. The van der Waals surface area contributed by atoms with Gasteiger partial charge < -0.3 is 10.8 Å². The normalized spacial score (nSPS) is 10.4. The topological polar surface area (TPSA) is 46.2 Å². The van der Waals surface area contributed by atoms with Gasteiger partial charge in [-0.25, -0.2) is 0 Å². The number of phenols is 1. The first kappa shape index (κ1) is 12.6. The second-order valence-corrected chi connectivity index (χ2v) is 2.27. The first-order valence-electron chi connectivity index (χ1n) is 4.07. The molecule has 0 aliphatic carbocycles. The van der Waals surface area contributed by atoms with Crippen molar-refractivity contribution < 1.29 is 18.3 Å². The molecule has 0 heterocycles. The molecule has 80 valence electrons. The molecule has 1 aromatic carbocycles. The highest BCUT2D eigenvalue weighted by atomic mass is 19.4. The molecule has 0 saturated carbocycles. The number of phenolic OH excluding ortho intramolecular Hbond substituents is 1. The van der Waals surface area contributed by atoms with Gasteiger partial charge in [0.2, 0.25) is 0 Å². The second-order valence-electron chi connectivity index (χ2n) is 2.27. The number of alkyl halides is 3. The second kappa shape index (κ2) is 4.74. The molecule has 0 spiro atoms. The van der Waals surface area contributed by atoms with E-state index in [1.807, 2.05) is 13.8 Å². The average molecular weight is 207 g/mol. The molecule has 0 saturated heterocycles. The van der Waals surface area contributed by atoms with Gasteiger partial charge in [0.1, 0.15) is 5.75 Å². The highest BCUT2D eigenvalue weighted by molar-refractivity contribution is 5.48. The third kappa shape index (κ3) is 3.16. The Labute approximate surface area is 80.2 Å². The standard InChI is InChI=1S/C7H6F3NO.C2H6/c8-7(9,10)5-3-4(11)1-2-6(5)12;1-2/h1-3,12H,11H2;1-2H3. The minimum atomic E-state index is -4.56. The number of nitrogen functional groups attached to an aromatic ring is 1. The largest absolute Gasteiger partial charge is 0.507 e. The number of nitrogens with two attached hydrogens (primary N) is 1. The Balaban J connectivity index is 0.000000791. The van der Waals surface area contributed by atoms with E-state index in [0.717, 1.165) is 6.07 Å². The zero-order valence-corrected chi connectivity index (χ0v) is 7.89. The Kier molecular flexibility index (Phi) is 4.27. The van der Waals surface area contributed by atoms with Crippen LogP contribution in [-0.4, -0.2) is 5.11 Å². The molecule has 0 unspecified atom stereocenters. The van der Waals surface area contributed by atoms with Gasteiger partial charge in [0, 0.05) is 5.69 Å². The van der Waals surface area contributed by atoms with E-state index in [9.17, 15) is 13.2 Å². The summed E-state index contributed by atoms with van der Waals surface area (Å²) >= 11 is 0. The lowest BCUT2D eigenvalue weighted by Crippen LogP contribution is -2.05. The van der Waals surface area contributed by atoms with Gasteiger partial charge in [-0.05, 0) is 18.2 Å². The smallest absolute Gasteiger partial charge is 0.420 e. The van der Waals surface area contributed by atoms with Crippen molar-refractivity contribution >= 4 is 5.69 Å². The van der Waals surface area contributed by atoms with Gasteiger partial charge in [-0.2, -0.15) is 13.2 Å². The fourth-order valence-electron chi connectivity index (χ4n) is 0.781. The Bertz CT molecular complexity index is 297. The maximum absolute atomic E-state index is 12.0. The van der Waals surface area contributed by atoms with E-state index in [1.165, 1.54) is 6.07 Å². The van der Waals surface area contributed by atoms with E-state index in [2.05, 4.69) is 0 Å². The van der Waals surface area contributed by atoms with E-state index >= 15 is 0 Å². The number of hydrogen-bond donors (Lipinski definition) is 2. The van der Waals surface area contributed by atoms with Crippen LogP contribution in [0.4, 0.5) is 18.9 Å². The van der Waals surface area contributed by atoms with Crippen molar-refractivity contribution in [3.05, 3.63) is 23.8 Å². The van der Waals surface area contributed by atoms with Crippen LogP contribution in [0.15, 0.2) is 18.2 Å². The van der Waals surface area contributed by atoms with Gasteiger partial charge in [-0.15, -0.1) is 0 Å². The molecule has 1 rings (SSSR count). The minimum absolute atomic E-state index is 0.0277. The molecule has 0 aromatic heterocycles. The van der Waals surface area contributed by atoms with Gasteiger partial charge in [-0.3, -0.25) is 0 Å². The van der Waals surface area contributed by atoms with Crippen LogP contribution >= 0.6 is 0 Å². The van der Waals surface area contributed by atoms with Crippen molar-refractivity contribution in [1.29, 1.82) is 0 Å². The number of aromatic hydroxyl groups is 1. The summed E-state index contributed by atoms with van der Waals surface area (Å²) in [7, 11) is 0. The fourth-order valence-corrected chi connectivity index (χ4v) is 0.781. The van der Waals surface area contributed by atoms with Crippen molar-refractivity contribution in [2.24, 2.45) is 0 Å². The van der Waals surface area contributed by atoms with Crippen LogP contribution < -0.4 is 5.73 Å². The van der Waals surface area contributed by atoms with Crippen molar-refractivity contribution in [3.8, 4) is 5.75 Å². The Hall–Kier alpha value is -1.39. The Morgan fingerprint density at radius 3 is 2.07 bits per heavy atom. The predicted octanol–water partition coefficient (Wildman–Crippen LogP) is 3.02. The molecular formula is C9H12F3NO. The van der Waals surface area contributed by atoms with Crippen LogP contribution in [0.25, 0.3) is 0 Å². The van der Waals surface area contributed by atoms with Gasteiger partial charge in [0.15, 0.2) is 0 Å². The molecule has 0 aliphatic rings. The maximum atomic E-state index is 12.0. The third-order valence-corrected chi connectivity index (χ3v) is 1.33. The Morgan fingerprint density at radius 2 is 1.71 bits per heavy atom. The molecule has 0 fully saturated rings. The maximum Gasteiger partial charge on any atom is 0.420 e. The lowest BCUT2D eigenvalue weighted by Gasteiger charge is -2.08. The van der Waals surface area contributed by atoms with Crippen molar-refractivity contribution in [1.82, 2.24) is 0 Å². The summed E-state index contributed by atoms with van der Waals surface area (Å²) in [6.07, 6.45) is -4.56. The fraction of sp³-hybridized carbons (Fsp3) is 0.333. The molecule has 5 heteroatoms. The number of benzene rings is 1. The summed E-state index contributed by atoms with van der Waals surface area (Å²) in [5.41, 5.74) is 3.98. The number of anilines is 1. The van der Waals surface area contributed by atoms with E-state index in [4.69, 9.17) is 10.8 Å². The molecule has 0 amide bonds. The van der Waals surface area contributed by atoms with E-state index in [1.54, 1.807) is 0 Å². The van der Waals surface area contributed by atoms with Gasteiger partial charge in [0.05, 0.1) is 5.56 Å². The van der Waals surface area contributed by atoms with Crippen LogP contribution in [0, 0.1) is 0 Å². The van der Waals surface area contributed by atoms with Crippen molar-refractivity contribution in [2.75, 3.05) is 5.73 Å². The predicted molar refractivity (Wildman–Crippen MR) is 48.9 cm³/mol. The molecule has 1 aromatic rings. The van der Waals surface area contributed by atoms with Gasteiger partial charge in [-0.1, -0.05) is 13.8 Å². The lowest BCUT2D eigenvalue weighted by molar-refractivity contribution is -0.138. The molecule has 0 bridgehead atoms. The van der Waals surface area contributed by atoms with Gasteiger partial charge >= 0.3 is 6.18 Å². The van der Waals surface area contributed by atoms with E-state index in [-0.39, 0.29) is 5.69 Å². The summed E-state index contributed by atoms with van der Waals surface area (Å²) in [6, 6.07) is 2.80. The molecule has 0 aliphatic heterocycles. The molecule has 3 N–H and O–H groups in total. The monoisotopic (exact) mass is 207 g/mol. The highest BCUT2D eigenvalue weighted by Gasteiger charge is 2.33. The van der Waals surface area contributed by atoms with Crippen LogP contribution in [-0.2, 0) is 6.18 Å². The molecule has 0 radical (unpaired) electrons. The summed E-state index contributed by atoms with van der Waals surface area (Å²) < 4.78 is 36.0. The van der Waals surface area contributed by atoms with Crippen LogP contribution in [0.1, 0.15) is 19.4 Å². The van der Waals surface area contributed by atoms with Crippen LogP contribution in [0.3, 0.4) is 0 Å². The summed E-state index contributed by atoms with van der Waals surface area (Å²) in [4.78, 5) is 0. The SMILES string of the molecule is CC.Nc1ccc(O)c(C(F)(F)F)c1. The number of halogens is 3. The van der Waals surface area contributed by atoms with E-state index in [0.29, 0.717) is 6.07 Å². The first-order chi connectivity index (χ1) is 6.41. The summed E-state index contributed by atoms with van der Waals surface area (Å²) in [5.74, 6) is -0.809. The molecule has 0 atom stereocenters. The Morgan fingerprint density at radius 1 is 1.21 bits per heavy atom. The average Bonchev–Trinajstić information content (AvgIpc) is 2.11. The highest BCUT2D eigenvalue weighted by Crippen LogP contribution is 2.36. The first-order valence-corrected chi connectivity index (χ1v) is 4.07. The van der Waals surface area contributed by atoms with E-state index < -0.39 is 17.5 Å². The lowest BCUT2D eigenvalue weighted by atomic mass is 10.2. The number of hydrogen-bond acceptors (Lipinski definition) is 2. The molecule has 2 nitrogen and oxygen atoms in total. The zero-order valence-electron chi connectivity index (χ0n) is 7.89. The van der Waals surface area contributed by atoms with Crippen LogP contribution in [0.2, 0.25) is 0 Å². The third-order valence-electron chi connectivity index (χ3n) is 1.33. The minimum Gasteiger partial charge on any atom is -0.507 e. The van der Waals surface area contributed by atoms with Crippen molar-refractivity contribution in [2.45, 2.75) is 20.0 Å². The number of rotatable bonds is 0. The van der Waals surface area contributed by atoms with Gasteiger partial charge in [0.25, 0.3) is 0 Å². The van der Waals surface area contributed by atoms with Crippen LogP contribution in [0.5, 0.6) is 5.75 Å². The molecular weight excluding hydrogens is 195 g/mol. The molecule has 14 heavy (non-hydrogen) atoms. The zero-order chi connectivity index (χ0) is 11.4. The summed E-state index contributed by atoms with van der Waals surface area (Å²) in [5, 5.41) is 8.80. The van der Waals surface area contributed by atoms with Crippen molar-refractivity contribution in [3.63, 3.8) is 0 Å². The quantitative estimate of drug-likeness (QED) is 0.507.